The summed E-state index contributed by atoms with van der Waals surface area (Å²) in [6.07, 6.45) is 2.84. The minimum atomic E-state index is -3.89. The van der Waals surface area contributed by atoms with Crippen molar-refractivity contribution in [1.29, 1.82) is 0 Å². The van der Waals surface area contributed by atoms with Gasteiger partial charge in [0.05, 0.1) is 11.9 Å². The van der Waals surface area contributed by atoms with Crippen molar-refractivity contribution < 1.29 is 18.3 Å². The molecule has 1 heterocycles. The molecule has 7 nitrogen and oxygen atoms in total. The Kier molecular flexibility index (Phi) is 5.25. The molecule has 3 N–H and O–H groups in total. The average molecular weight is 287 g/mol. The summed E-state index contributed by atoms with van der Waals surface area (Å²) in [6, 6.07) is 0.265. The molecule has 1 rings (SSSR count). The molecule has 0 aliphatic carbocycles. The van der Waals surface area contributed by atoms with Crippen LogP contribution in [0, 0.1) is 0 Å². The average Bonchev–Trinajstić information content (AvgIpc) is 2.36. The van der Waals surface area contributed by atoms with Gasteiger partial charge in [-0.25, -0.2) is 8.42 Å². The van der Waals surface area contributed by atoms with Gasteiger partial charge in [-0.3, -0.25) is 9.78 Å². The molecule has 0 fully saturated rings. The van der Waals surface area contributed by atoms with Crippen LogP contribution in [0.25, 0.3) is 0 Å². The van der Waals surface area contributed by atoms with E-state index in [9.17, 15) is 13.2 Å². The summed E-state index contributed by atoms with van der Waals surface area (Å²) in [5, 5.41) is 11.8. The van der Waals surface area contributed by atoms with Gasteiger partial charge >= 0.3 is 5.97 Å². The second-order valence-corrected chi connectivity index (χ2v) is 5.57. The monoisotopic (exact) mass is 287 g/mol. The molecular weight excluding hydrogens is 270 g/mol. The van der Waals surface area contributed by atoms with Crippen molar-refractivity contribution in [2.24, 2.45) is 0 Å². The third-order valence-electron chi connectivity index (χ3n) is 2.41. The summed E-state index contributed by atoms with van der Waals surface area (Å²) in [4.78, 5) is 14.6. The van der Waals surface area contributed by atoms with Crippen molar-refractivity contribution in [3.63, 3.8) is 0 Å². The van der Waals surface area contributed by atoms with E-state index in [0.717, 1.165) is 0 Å². The number of pyridine rings is 1. The van der Waals surface area contributed by atoms with Crippen LogP contribution in [0.15, 0.2) is 23.4 Å². The van der Waals surface area contributed by atoms with Gasteiger partial charge in [0, 0.05) is 12.7 Å². The number of anilines is 1. The van der Waals surface area contributed by atoms with Gasteiger partial charge in [-0.1, -0.05) is 6.92 Å². The van der Waals surface area contributed by atoms with Crippen molar-refractivity contribution in [3.8, 4) is 0 Å². The minimum Gasteiger partial charge on any atom is -0.480 e. The highest BCUT2D eigenvalue weighted by atomic mass is 32.2. The Labute approximate surface area is 112 Å². The quantitative estimate of drug-likeness (QED) is 0.679. The van der Waals surface area contributed by atoms with Crippen LogP contribution in [0.4, 0.5) is 5.69 Å². The Bertz CT molecular complexity index is 545. The number of hydrogen-bond donors (Lipinski definition) is 3. The van der Waals surface area contributed by atoms with Crippen LogP contribution in [0.2, 0.25) is 0 Å². The van der Waals surface area contributed by atoms with Gasteiger partial charge in [-0.2, -0.15) is 4.72 Å². The maximum absolute atomic E-state index is 12.0. The standard InChI is InChI=1S/C11H17N3O4S/c1-3-10(11(15)16)14-19(17,18)9-5-8(13-4-2)6-12-7-9/h5-7,10,13-14H,3-4H2,1-2H3,(H,15,16). The van der Waals surface area contributed by atoms with Gasteiger partial charge < -0.3 is 10.4 Å². The number of aliphatic carboxylic acids is 1. The number of carbonyl (C=O) groups is 1. The summed E-state index contributed by atoms with van der Waals surface area (Å²) in [5.74, 6) is -1.21. The number of carboxylic acid groups (broad SMARTS) is 1. The summed E-state index contributed by atoms with van der Waals surface area (Å²) in [7, 11) is -3.89. The first-order valence-electron chi connectivity index (χ1n) is 5.84. The summed E-state index contributed by atoms with van der Waals surface area (Å²) < 4.78 is 26.2. The second-order valence-electron chi connectivity index (χ2n) is 3.86. The maximum atomic E-state index is 12.0. The van der Waals surface area contributed by atoms with Crippen LogP contribution in [-0.2, 0) is 14.8 Å². The number of carboxylic acids is 1. The molecule has 0 amide bonds. The van der Waals surface area contributed by atoms with E-state index >= 15 is 0 Å². The van der Waals surface area contributed by atoms with Crippen LogP contribution in [0.5, 0.6) is 0 Å². The highest BCUT2D eigenvalue weighted by Crippen LogP contribution is 2.14. The molecule has 19 heavy (non-hydrogen) atoms. The van der Waals surface area contributed by atoms with Gasteiger partial charge in [-0.05, 0) is 19.4 Å². The highest BCUT2D eigenvalue weighted by molar-refractivity contribution is 7.89. The largest absolute Gasteiger partial charge is 0.480 e. The van der Waals surface area contributed by atoms with E-state index in [4.69, 9.17) is 5.11 Å². The molecule has 1 unspecified atom stereocenters. The first kappa shape index (κ1) is 15.4. The van der Waals surface area contributed by atoms with Gasteiger partial charge in [-0.15, -0.1) is 0 Å². The molecule has 0 aliphatic heterocycles. The number of nitrogens with zero attached hydrogens (tertiary/aromatic N) is 1. The fourth-order valence-corrected chi connectivity index (χ4v) is 2.69. The van der Waals surface area contributed by atoms with Gasteiger partial charge in [0.2, 0.25) is 10.0 Å². The summed E-state index contributed by atoms with van der Waals surface area (Å²) in [6.45, 7) is 4.09. The maximum Gasteiger partial charge on any atom is 0.321 e. The Morgan fingerprint density at radius 2 is 2.11 bits per heavy atom. The minimum absolute atomic E-state index is 0.0642. The van der Waals surface area contributed by atoms with Crippen molar-refractivity contribution in [2.45, 2.75) is 31.2 Å². The van der Waals surface area contributed by atoms with E-state index in [-0.39, 0.29) is 11.3 Å². The fraction of sp³-hybridized carbons (Fsp3) is 0.455. The molecule has 0 spiro atoms. The third kappa shape index (κ3) is 4.18. The normalized spacial score (nSPS) is 12.9. The lowest BCUT2D eigenvalue weighted by Crippen LogP contribution is -2.40. The van der Waals surface area contributed by atoms with Crippen LogP contribution in [-0.4, -0.2) is 37.1 Å². The van der Waals surface area contributed by atoms with Crippen LogP contribution < -0.4 is 10.0 Å². The molecule has 106 valence electrons. The van der Waals surface area contributed by atoms with Gasteiger partial charge in [0.25, 0.3) is 0 Å². The van der Waals surface area contributed by atoms with Gasteiger partial charge in [0.1, 0.15) is 10.9 Å². The number of nitrogens with one attached hydrogen (secondary N) is 2. The number of aromatic nitrogens is 1. The van der Waals surface area contributed by atoms with Crippen molar-refractivity contribution in [3.05, 3.63) is 18.5 Å². The number of sulfonamides is 1. The second kappa shape index (κ2) is 6.48. The Morgan fingerprint density at radius 3 is 2.63 bits per heavy atom. The predicted octanol–water partition coefficient (Wildman–Crippen LogP) is 0.655. The fourth-order valence-electron chi connectivity index (χ4n) is 1.43. The van der Waals surface area contributed by atoms with Crippen LogP contribution in [0.3, 0.4) is 0 Å². The molecule has 0 bridgehead atoms. The lowest BCUT2D eigenvalue weighted by molar-refractivity contribution is -0.139. The molecule has 0 radical (unpaired) electrons. The van der Waals surface area contributed by atoms with Crippen LogP contribution >= 0.6 is 0 Å². The molecule has 1 atom stereocenters. The smallest absolute Gasteiger partial charge is 0.321 e. The first-order chi connectivity index (χ1) is 8.90. The molecule has 0 aliphatic rings. The van der Waals surface area contributed by atoms with E-state index < -0.39 is 22.0 Å². The van der Waals surface area contributed by atoms with E-state index in [2.05, 4.69) is 15.0 Å². The molecule has 1 aromatic heterocycles. The van der Waals surface area contributed by atoms with E-state index in [1.54, 1.807) is 6.92 Å². The van der Waals surface area contributed by atoms with E-state index in [1.807, 2.05) is 6.92 Å². The molecular formula is C11H17N3O4S. The zero-order chi connectivity index (χ0) is 14.5. The van der Waals surface area contributed by atoms with Crippen molar-refractivity contribution in [1.82, 2.24) is 9.71 Å². The predicted molar refractivity (Wildman–Crippen MR) is 70.4 cm³/mol. The Hall–Kier alpha value is -1.67. The molecule has 0 saturated heterocycles. The van der Waals surface area contributed by atoms with Crippen molar-refractivity contribution >= 4 is 21.7 Å². The molecule has 8 heteroatoms. The number of rotatable bonds is 7. The summed E-state index contributed by atoms with van der Waals surface area (Å²) in [5.41, 5.74) is 0.564. The Morgan fingerprint density at radius 1 is 1.42 bits per heavy atom. The zero-order valence-electron chi connectivity index (χ0n) is 10.8. The van der Waals surface area contributed by atoms with E-state index in [1.165, 1.54) is 18.5 Å². The highest BCUT2D eigenvalue weighted by Gasteiger charge is 2.24. The lowest BCUT2D eigenvalue weighted by Gasteiger charge is -2.13. The first-order valence-corrected chi connectivity index (χ1v) is 7.33. The molecule has 0 aromatic carbocycles. The Balaban J connectivity index is 2.99. The lowest BCUT2D eigenvalue weighted by atomic mass is 10.2. The third-order valence-corrected chi connectivity index (χ3v) is 3.85. The molecule has 1 aromatic rings. The zero-order valence-corrected chi connectivity index (χ0v) is 11.6. The van der Waals surface area contributed by atoms with E-state index in [0.29, 0.717) is 12.2 Å². The van der Waals surface area contributed by atoms with Crippen molar-refractivity contribution in [2.75, 3.05) is 11.9 Å². The SMILES string of the molecule is CCNc1cncc(S(=O)(=O)NC(CC)C(=O)O)c1. The topological polar surface area (TPSA) is 108 Å². The van der Waals surface area contributed by atoms with Gasteiger partial charge in [0.15, 0.2) is 0 Å². The van der Waals surface area contributed by atoms with Crippen LogP contribution in [0.1, 0.15) is 20.3 Å². The summed E-state index contributed by atoms with van der Waals surface area (Å²) >= 11 is 0. The number of hydrogen-bond acceptors (Lipinski definition) is 5. The molecule has 0 saturated carbocycles.